The quantitative estimate of drug-likeness (QED) is 0.878. The second kappa shape index (κ2) is 6.87. The molecule has 0 spiro atoms. The molecule has 2 aromatic rings. The number of nitrogens with zero attached hydrogens (tertiary/aromatic N) is 2. The number of alkyl carbamates (subject to hydrolysis) is 1. The number of rotatable bonds is 5. The minimum atomic E-state index is -1.11. The predicted octanol–water partition coefficient (Wildman–Crippen LogP) is 2.34. The van der Waals surface area contributed by atoms with Crippen molar-refractivity contribution in [1.82, 2.24) is 15.3 Å². The SMILES string of the molecule is CC(C)(NC(=O)OCc1ccccc1)c1ncc(C(=O)O)cn1. The van der Waals surface area contributed by atoms with Crippen molar-refractivity contribution in [2.75, 3.05) is 0 Å². The molecule has 1 aromatic heterocycles. The molecule has 0 saturated carbocycles. The third-order valence-corrected chi connectivity index (χ3v) is 3.09. The number of amides is 1. The first-order chi connectivity index (χ1) is 10.9. The van der Waals surface area contributed by atoms with Crippen molar-refractivity contribution in [3.05, 3.63) is 59.7 Å². The van der Waals surface area contributed by atoms with E-state index in [1.165, 1.54) is 12.4 Å². The molecular formula is C16H17N3O4. The van der Waals surface area contributed by atoms with Gasteiger partial charge in [0.1, 0.15) is 6.61 Å². The van der Waals surface area contributed by atoms with E-state index in [4.69, 9.17) is 9.84 Å². The smallest absolute Gasteiger partial charge is 0.408 e. The van der Waals surface area contributed by atoms with E-state index in [1.807, 2.05) is 30.3 Å². The number of nitrogens with one attached hydrogen (secondary N) is 1. The molecule has 1 heterocycles. The maximum atomic E-state index is 11.9. The van der Waals surface area contributed by atoms with Crippen molar-refractivity contribution < 1.29 is 19.4 Å². The second-order valence-corrected chi connectivity index (χ2v) is 5.41. The molecule has 1 aromatic carbocycles. The highest BCUT2D eigenvalue weighted by atomic mass is 16.5. The van der Waals surface area contributed by atoms with Gasteiger partial charge < -0.3 is 15.2 Å². The molecule has 0 aliphatic carbocycles. The fourth-order valence-corrected chi connectivity index (χ4v) is 1.83. The van der Waals surface area contributed by atoms with Crippen LogP contribution in [-0.2, 0) is 16.9 Å². The fourth-order valence-electron chi connectivity index (χ4n) is 1.83. The topological polar surface area (TPSA) is 101 Å². The lowest BCUT2D eigenvalue weighted by atomic mass is 10.1. The summed E-state index contributed by atoms with van der Waals surface area (Å²) in [5.41, 5.74) is -0.0381. The molecule has 0 fully saturated rings. The van der Waals surface area contributed by atoms with E-state index in [2.05, 4.69) is 15.3 Å². The first-order valence-electron chi connectivity index (χ1n) is 6.93. The second-order valence-electron chi connectivity index (χ2n) is 5.41. The summed E-state index contributed by atoms with van der Waals surface area (Å²) in [6.07, 6.45) is 1.79. The van der Waals surface area contributed by atoms with Crippen LogP contribution in [-0.4, -0.2) is 27.1 Å². The predicted molar refractivity (Wildman–Crippen MR) is 81.8 cm³/mol. The van der Waals surface area contributed by atoms with Gasteiger partial charge in [0.2, 0.25) is 0 Å². The average molecular weight is 315 g/mol. The lowest BCUT2D eigenvalue weighted by Gasteiger charge is -2.24. The van der Waals surface area contributed by atoms with Gasteiger partial charge in [-0.2, -0.15) is 0 Å². The van der Waals surface area contributed by atoms with Crippen LogP contribution in [0.1, 0.15) is 35.6 Å². The molecule has 0 atom stereocenters. The van der Waals surface area contributed by atoms with Gasteiger partial charge in [0.05, 0.1) is 11.1 Å². The Morgan fingerprint density at radius 1 is 1.17 bits per heavy atom. The summed E-state index contributed by atoms with van der Waals surface area (Å²) in [5, 5.41) is 11.5. The molecule has 0 aliphatic heterocycles. The van der Waals surface area contributed by atoms with Crippen LogP contribution in [0.5, 0.6) is 0 Å². The number of hydrogen-bond donors (Lipinski definition) is 2. The molecule has 0 bridgehead atoms. The minimum absolute atomic E-state index is 0.0174. The van der Waals surface area contributed by atoms with Gasteiger partial charge in [-0.3, -0.25) is 0 Å². The summed E-state index contributed by atoms with van der Waals surface area (Å²) in [6, 6.07) is 9.31. The van der Waals surface area contributed by atoms with Gasteiger partial charge in [0, 0.05) is 12.4 Å². The van der Waals surface area contributed by atoms with E-state index in [9.17, 15) is 9.59 Å². The summed E-state index contributed by atoms with van der Waals surface area (Å²) in [5.74, 6) is -0.816. The molecule has 0 aliphatic rings. The van der Waals surface area contributed by atoms with E-state index >= 15 is 0 Å². The molecule has 23 heavy (non-hydrogen) atoms. The summed E-state index contributed by atoms with van der Waals surface area (Å²) in [4.78, 5) is 30.6. The number of carboxylic acids is 1. The van der Waals surface area contributed by atoms with Crippen LogP contribution in [0.25, 0.3) is 0 Å². The van der Waals surface area contributed by atoms with E-state index in [0.29, 0.717) is 5.82 Å². The van der Waals surface area contributed by atoms with Crippen LogP contribution in [0.15, 0.2) is 42.7 Å². The number of aromatic nitrogens is 2. The van der Waals surface area contributed by atoms with Crippen LogP contribution >= 0.6 is 0 Å². The van der Waals surface area contributed by atoms with Gasteiger partial charge in [0.25, 0.3) is 0 Å². The normalized spacial score (nSPS) is 10.9. The van der Waals surface area contributed by atoms with Gasteiger partial charge >= 0.3 is 12.1 Å². The molecule has 2 N–H and O–H groups in total. The van der Waals surface area contributed by atoms with Gasteiger partial charge in [-0.15, -0.1) is 0 Å². The van der Waals surface area contributed by atoms with Crippen molar-refractivity contribution >= 4 is 12.1 Å². The molecule has 0 unspecified atom stereocenters. The first kappa shape index (κ1) is 16.4. The number of carboxylic acid groups (broad SMARTS) is 1. The Balaban J connectivity index is 1.96. The molecular weight excluding hydrogens is 298 g/mol. The van der Waals surface area contributed by atoms with Crippen molar-refractivity contribution in [2.45, 2.75) is 26.0 Å². The zero-order chi connectivity index (χ0) is 16.9. The molecule has 7 heteroatoms. The molecule has 1 amide bonds. The van der Waals surface area contributed by atoms with Crippen molar-refractivity contribution in [3.63, 3.8) is 0 Å². The molecule has 0 radical (unpaired) electrons. The molecule has 120 valence electrons. The largest absolute Gasteiger partial charge is 0.478 e. The number of ether oxygens (including phenoxy) is 1. The highest BCUT2D eigenvalue weighted by molar-refractivity contribution is 5.86. The number of carbonyl (C=O) groups is 2. The summed E-state index contributed by atoms with van der Waals surface area (Å²) < 4.78 is 5.15. The maximum Gasteiger partial charge on any atom is 0.408 e. The summed E-state index contributed by atoms with van der Waals surface area (Å²) in [6.45, 7) is 3.56. The highest BCUT2D eigenvalue weighted by Crippen LogP contribution is 2.16. The Bertz CT molecular complexity index is 684. The summed E-state index contributed by atoms with van der Waals surface area (Å²) in [7, 11) is 0. The number of carbonyl (C=O) groups excluding carboxylic acids is 1. The van der Waals surface area contributed by atoms with Crippen LogP contribution in [0.4, 0.5) is 4.79 Å². The van der Waals surface area contributed by atoms with Crippen molar-refractivity contribution in [1.29, 1.82) is 0 Å². The third-order valence-electron chi connectivity index (χ3n) is 3.09. The van der Waals surface area contributed by atoms with Crippen molar-refractivity contribution in [2.24, 2.45) is 0 Å². The summed E-state index contributed by atoms with van der Waals surface area (Å²) >= 11 is 0. The zero-order valence-electron chi connectivity index (χ0n) is 12.8. The zero-order valence-corrected chi connectivity index (χ0v) is 12.8. The van der Waals surface area contributed by atoms with E-state index < -0.39 is 17.6 Å². The Morgan fingerprint density at radius 3 is 2.35 bits per heavy atom. The third kappa shape index (κ3) is 4.50. The van der Waals surface area contributed by atoms with E-state index in [0.717, 1.165) is 5.56 Å². The minimum Gasteiger partial charge on any atom is -0.478 e. The average Bonchev–Trinajstić information content (AvgIpc) is 2.53. The monoisotopic (exact) mass is 315 g/mol. The van der Waals surface area contributed by atoms with Gasteiger partial charge in [-0.25, -0.2) is 19.6 Å². The molecule has 7 nitrogen and oxygen atoms in total. The van der Waals surface area contributed by atoms with Crippen LogP contribution in [0.2, 0.25) is 0 Å². The van der Waals surface area contributed by atoms with Gasteiger partial charge in [-0.1, -0.05) is 30.3 Å². The van der Waals surface area contributed by atoms with Crippen LogP contribution in [0, 0.1) is 0 Å². The standard InChI is InChI=1S/C16H17N3O4/c1-16(2,14-17-8-12(9-18-14)13(20)21)19-15(22)23-10-11-6-4-3-5-7-11/h3-9H,10H2,1-2H3,(H,19,22)(H,20,21). The lowest BCUT2D eigenvalue weighted by molar-refractivity contribution is 0.0695. The Labute approximate surface area is 133 Å². The number of hydrogen-bond acceptors (Lipinski definition) is 5. The van der Waals surface area contributed by atoms with Crippen LogP contribution in [0.3, 0.4) is 0 Å². The van der Waals surface area contributed by atoms with E-state index in [-0.39, 0.29) is 12.2 Å². The fraction of sp³-hybridized carbons (Fsp3) is 0.250. The highest BCUT2D eigenvalue weighted by Gasteiger charge is 2.27. The number of benzene rings is 1. The Morgan fingerprint density at radius 2 is 1.78 bits per heavy atom. The Hall–Kier alpha value is -2.96. The van der Waals surface area contributed by atoms with Gasteiger partial charge in [-0.05, 0) is 19.4 Å². The number of aromatic carboxylic acids is 1. The van der Waals surface area contributed by atoms with Gasteiger partial charge in [0.15, 0.2) is 5.82 Å². The molecule has 0 saturated heterocycles. The Kier molecular flexibility index (Phi) is 4.90. The van der Waals surface area contributed by atoms with E-state index in [1.54, 1.807) is 13.8 Å². The maximum absolute atomic E-state index is 11.9. The van der Waals surface area contributed by atoms with Crippen LogP contribution < -0.4 is 5.32 Å². The first-order valence-corrected chi connectivity index (χ1v) is 6.93. The lowest BCUT2D eigenvalue weighted by Crippen LogP contribution is -2.42. The van der Waals surface area contributed by atoms with Crippen molar-refractivity contribution in [3.8, 4) is 0 Å². The molecule has 2 rings (SSSR count).